The Morgan fingerprint density at radius 1 is 1.37 bits per heavy atom. The van der Waals surface area contributed by atoms with Crippen molar-refractivity contribution in [2.24, 2.45) is 0 Å². The van der Waals surface area contributed by atoms with Crippen LogP contribution >= 0.6 is 0 Å². The third-order valence-electron chi connectivity index (χ3n) is 2.96. The number of anilines is 1. The number of nitrogens with two attached hydrogens (primary N) is 1. The first-order valence-electron chi connectivity index (χ1n) is 5.69. The minimum Gasteiger partial charge on any atom is -0.369 e. The molecule has 104 valence electrons. The molecular weight excluding hydrogens is 262 g/mol. The van der Waals surface area contributed by atoms with Gasteiger partial charge in [-0.15, -0.1) is 0 Å². The van der Waals surface area contributed by atoms with E-state index in [0.29, 0.717) is 11.1 Å². The highest BCUT2D eigenvalue weighted by molar-refractivity contribution is 5.79. The lowest BCUT2D eigenvalue weighted by molar-refractivity contribution is -0.141. The minimum absolute atomic E-state index is 0.0447. The number of imidazole rings is 1. The molecule has 0 amide bonds. The van der Waals surface area contributed by atoms with Crippen molar-refractivity contribution in [1.82, 2.24) is 9.55 Å². The molecule has 0 aliphatic heterocycles. The number of aryl methyl sites for hydroxylation is 1. The smallest absolute Gasteiger partial charge is 0.369 e. The predicted molar refractivity (Wildman–Crippen MR) is 64.2 cm³/mol. The van der Waals surface area contributed by atoms with E-state index in [1.165, 1.54) is 30.5 Å². The van der Waals surface area contributed by atoms with E-state index in [-0.39, 0.29) is 11.5 Å². The third kappa shape index (κ3) is 2.64. The highest BCUT2D eigenvalue weighted by atomic mass is 19.4. The van der Waals surface area contributed by atoms with Crippen molar-refractivity contribution >= 4 is 17.0 Å². The normalized spacial score (nSPS) is 14.0. The van der Waals surface area contributed by atoms with Crippen LogP contribution in [0.2, 0.25) is 0 Å². The number of hydrogen-bond acceptors (Lipinski definition) is 2. The van der Waals surface area contributed by atoms with E-state index in [1.54, 1.807) is 0 Å². The van der Waals surface area contributed by atoms with Gasteiger partial charge in [0, 0.05) is 12.1 Å². The van der Waals surface area contributed by atoms with Crippen LogP contribution in [-0.4, -0.2) is 15.7 Å². The van der Waals surface area contributed by atoms with Crippen LogP contribution in [0.3, 0.4) is 0 Å². The summed E-state index contributed by atoms with van der Waals surface area (Å²) in [4.78, 5) is 3.90. The zero-order valence-electron chi connectivity index (χ0n) is 10.4. The zero-order valence-corrected chi connectivity index (χ0v) is 10.4. The first kappa shape index (κ1) is 13.6. The highest BCUT2D eigenvalue weighted by Gasteiger charge is 2.32. The van der Waals surface area contributed by atoms with Gasteiger partial charge in [0.05, 0.1) is 17.5 Å². The van der Waals surface area contributed by atoms with Gasteiger partial charge >= 0.3 is 6.18 Å². The Hall–Kier alpha value is -1.79. The molecule has 0 radical (unpaired) electrons. The van der Waals surface area contributed by atoms with Gasteiger partial charge in [-0.1, -0.05) is 0 Å². The van der Waals surface area contributed by atoms with Gasteiger partial charge in [-0.2, -0.15) is 13.2 Å². The van der Waals surface area contributed by atoms with Gasteiger partial charge in [-0.05, 0) is 25.5 Å². The van der Waals surface area contributed by atoms with Gasteiger partial charge in [-0.25, -0.2) is 9.37 Å². The predicted octanol–water partition coefficient (Wildman–Crippen LogP) is 3.58. The van der Waals surface area contributed by atoms with Crippen molar-refractivity contribution in [2.45, 2.75) is 32.5 Å². The molecular formula is C12H13F4N3. The monoisotopic (exact) mass is 275 g/mol. The van der Waals surface area contributed by atoms with Crippen molar-refractivity contribution in [1.29, 1.82) is 0 Å². The van der Waals surface area contributed by atoms with Gasteiger partial charge in [0.25, 0.3) is 0 Å². The van der Waals surface area contributed by atoms with E-state index in [1.807, 2.05) is 0 Å². The van der Waals surface area contributed by atoms with Gasteiger partial charge in [0.1, 0.15) is 5.82 Å². The molecule has 1 heterocycles. The van der Waals surface area contributed by atoms with Crippen LogP contribution in [-0.2, 0) is 0 Å². The maximum absolute atomic E-state index is 13.4. The molecule has 19 heavy (non-hydrogen) atoms. The van der Waals surface area contributed by atoms with Crippen LogP contribution in [0.1, 0.15) is 24.9 Å². The second kappa shape index (κ2) is 4.40. The lowest BCUT2D eigenvalue weighted by atomic mass is 10.2. The lowest BCUT2D eigenvalue weighted by Gasteiger charge is -2.17. The van der Waals surface area contributed by atoms with Crippen molar-refractivity contribution in [3.05, 3.63) is 23.5 Å². The van der Waals surface area contributed by atoms with E-state index in [4.69, 9.17) is 5.73 Å². The Balaban J connectivity index is 2.54. The summed E-state index contributed by atoms with van der Waals surface area (Å²) in [6.07, 6.45) is -5.31. The molecule has 0 spiro atoms. The number of rotatable bonds is 2. The van der Waals surface area contributed by atoms with Gasteiger partial charge in [-0.3, -0.25) is 0 Å². The quantitative estimate of drug-likeness (QED) is 0.851. The number of aromatic nitrogens is 2. The minimum atomic E-state index is -4.29. The van der Waals surface area contributed by atoms with E-state index in [0.717, 1.165) is 0 Å². The fraction of sp³-hybridized carbons (Fsp3) is 0.417. The fourth-order valence-electron chi connectivity index (χ4n) is 2.13. The SMILES string of the molecule is Cc1cc2c(cc1F)nc(N)n2C(C)CC(F)(F)F. The Kier molecular flexibility index (Phi) is 3.15. The Morgan fingerprint density at radius 2 is 2.00 bits per heavy atom. The molecule has 1 aromatic heterocycles. The number of fused-ring (bicyclic) bond motifs is 1. The summed E-state index contributed by atoms with van der Waals surface area (Å²) in [5.74, 6) is -0.502. The van der Waals surface area contributed by atoms with Crippen molar-refractivity contribution < 1.29 is 17.6 Å². The molecule has 0 fully saturated rings. The molecule has 0 bridgehead atoms. The first-order valence-corrected chi connectivity index (χ1v) is 5.69. The molecule has 1 atom stereocenters. The van der Waals surface area contributed by atoms with Crippen LogP contribution in [0, 0.1) is 12.7 Å². The molecule has 0 aliphatic rings. The van der Waals surface area contributed by atoms with E-state index in [9.17, 15) is 17.6 Å². The standard InChI is InChI=1S/C12H13F4N3/c1-6-3-10-9(4-8(6)13)18-11(17)19(10)7(2)5-12(14,15)16/h3-4,7H,5H2,1-2H3,(H2,17,18). The molecule has 0 aliphatic carbocycles. The van der Waals surface area contributed by atoms with Crippen LogP contribution in [0.5, 0.6) is 0 Å². The number of benzene rings is 1. The molecule has 0 saturated carbocycles. The second-order valence-electron chi connectivity index (χ2n) is 4.60. The number of halogens is 4. The molecule has 2 aromatic rings. The second-order valence-corrected chi connectivity index (χ2v) is 4.60. The summed E-state index contributed by atoms with van der Waals surface area (Å²) >= 11 is 0. The highest BCUT2D eigenvalue weighted by Crippen LogP contribution is 2.32. The molecule has 2 N–H and O–H groups in total. The fourth-order valence-corrected chi connectivity index (χ4v) is 2.13. The number of hydrogen-bond donors (Lipinski definition) is 1. The molecule has 0 saturated heterocycles. The van der Waals surface area contributed by atoms with E-state index in [2.05, 4.69) is 4.98 Å². The Bertz CT molecular complexity index is 615. The number of nitrogens with zero attached hydrogens (tertiary/aromatic N) is 2. The van der Waals surface area contributed by atoms with Crippen LogP contribution in [0.15, 0.2) is 12.1 Å². The molecule has 1 unspecified atom stereocenters. The zero-order chi connectivity index (χ0) is 14.4. The summed E-state index contributed by atoms with van der Waals surface area (Å²) in [5.41, 5.74) is 6.65. The first-order chi connectivity index (χ1) is 8.69. The Labute approximate surface area is 107 Å². The maximum Gasteiger partial charge on any atom is 0.391 e. The summed E-state index contributed by atoms with van der Waals surface area (Å²) in [5, 5.41) is 0. The molecule has 2 rings (SSSR count). The van der Waals surface area contributed by atoms with Crippen LogP contribution in [0.25, 0.3) is 11.0 Å². The largest absolute Gasteiger partial charge is 0.391 e. The average molecular weight is 275 g/mol. The van der Waals surface area contributed by atoms with Gasteiger partial charge in [0.2, 0.25) is 5.95 Å². The maximum atomic E-state index is 13.4. The average Bonchev–Trinajstić information content (AvgIpc) is 2.52. The summed E-state index contributed by atoms with van der Waals surface area (Å²) in [7, 11) is 0. The summed E-state index contributed by atoms with van der Waals surface area (Å²) in [6, 6.07) is 1.74. The van der Waals surface area contributed by atoms with Crippen LogP contribution in [0.4, 0.5) is 23.5 Å². The summed E-state index contributed by atoms with van der Waals surface area (Å²) in [6.45, 7) is 2.94. The Morgan fingerprint density at radius 3 is 2.58 bits per heavy atom. The van der Waals surface area contributed by atoms with E-state index >= 15 is 0 Å². The molecule has 1 aromatic carbocycles. The number of alkyl halides is 3. The molecule has 7 heteroatoms. The van der Waals surface area contributed by atoms with E-state index < -0.39 is 24.5 Å². The summed E-state index contributed by atoms with van der Waals surface area (Å²) < 4.78 is 52.0. The topological polar surface area (TPSA) is 43.8 Å². The van der Waals surface area contributed by atoms with Gasteiger partial charge in [0.15, 0.2) is 0 Å². The van der Waals surface area contributed by atoms with Crippen molar-refractivity contribution in [2.75, 3.05) is 5.73 Å². The van der Waals surface area contributed by atoms with Crippen molar-refractivity contribution in [3.8, 4) is 0 Å². The number of nitrogen functional groups attached to an aromatic ring is 1. The lowest BCUT2D eigenvalue weighted by Crippen LogP contribution is -2.17. The van der Waals surface area contributed by atoms with Gasteiger partial charge < -0.3 is 10.3 Å². The van der Waals surface area contributed by atoms with Crippen molar-refractivity contribution in [3.63, 3.8) is 0 Å². The van der Waals surface area contributed by atoms with Crippen LogP contribution < -0.4 is 5.73 Å². The molecule has 3 nitrogen and oxygen atoms in total. The third-order valence-corrected chi connectivity index (χ3v) is 2.96.